The average molecular weight is 203 g/mol. The molecule has 0 aromatic carbocycles. The van der Waals surface area contributed by atoms with Crippen molar-refractivity contribution in [3.8, 4) is 0 Å². The molecule has 0 radical (unpaired) electrons. The van der Waals surface area contributed by atoms with Gasteiger partial charge in [-0.3, -0.25) is 14.9 Å². The lowest BCUT2D eigenvalue weighted by Crippen LogP contribution is -2.00. The standard InChI is InChI=1S/C9H17NO4/c1-14-9(11)7-5-3-2-4-6-8-10(12)13/h2-8H2,1H3. The van der Waals surface area contributed by atoms with Crippen molar-refractivity contribution in [3.05, 3.63) is 10.1 Å². The van der Waals surface area contributed by atoms with E-state index in [9.17, 15) is 14.9 Å². The predicted molar refractivity (Wildman–Crippen MR) is 51.6 cm³/mol. The Balaban J connectivity index is 3.06. The van der Waals surface area contributed by atoms with Crippen LogP contribution in [0.3, 0.4) is 0 Å². The normalized spacial score (nSPS) is 9.79. The number of methoxy groups -OCH3 is 1. The fourth-order valence-electron chi connectivity index (χ4n) is 1.14. The van der Waals surface area contributed by atoms with Gasteiger partial charge in [-0.15, -0.1) is 0 Å². The predicted octanol–water partition coefficient (Wildman–Crippen LogP) is 1.78. The third kappa shape index (κ3) is 8.96. The number of esters is 1. The van der Waals surface area contributed by atoms with Crippen LogP contribution in [0.2, 0.25) is 0 Å². The quantitative estimate of drug-likeness (QED) is 0.261. The van der Waals surface area contributed by atoms with E-state index in [1.54, 1.807) is 0 Å². The number of carbonyl (C=O) groups is 1. The van der Waals surface area contributed by atoms with Crippen molar-refractivity contribution in [1.29, 1.82) is 0 Å². The first-order chi connectivity index (χ1) is 6.66. The minimum Gasteiger partial charge on any atom is -0.469 e. The third-order valence-corrected chi connectivity index (χ3v) is 1.95. The number of ether oxygens (including phenoxy) is 1. The molecule has 0 bridgehead atoms. The van der Waals surface area contributed by atoms with Crippen molar-refractivity contribution in [1.82, 2.24) is 0 Å². The number of hydrogen-bond acceptors (Lipinski definition) is 4. The number of nitrogens with zero attached hydrogens (tertiary/aromatic N) is 1. The minimum atomic E-state index is -0.297. The van der Waals surface area contributed by atoms with E-state index in [1.165, 1.54) is 7.11 Å². The van der Waals surface area contributed by atoms with Crippen molar-refractivity contribution in [2.24, 2.45) is 0 Å². The Kier molecular flexibility index (Phi) is 7.78. The highest BCUT2D eigenvalue weighted by Gasteiger charge is 2.00. The zero-order valence-electron chi connectivity index (χ0n) is 8.53. The molecule has 5 nitrogen and oxygen atoms in total. The lowest BCUT2D eigenvalue weighted by atomic mass is 10.1. The summed E-state index contributed by atoms with van der Waals surface area (Å²) in [7, 11) is 1.37. The topological polar surface area (TPSA) is 69.4 Å². The van der Waals surface area contributed by atoms with Crippen LogP contribution in [-0.2, 0) is 9.53 Å². The Hall–Kier alpha value is -1.13. The molecule has 0 aromatic rings. The van der Waals surface area contributed by atoms with E-state index in [0.717, 1.165) is 25.7 Å². The van der Waals surface area contributed by atoms with E-state index in [0.29, 0.717) is 12.8 Å². The lowest BCUT2D eigenvalue weighted by Gasteiger charge is -1.99. The van der Waals surface area contributed by atoms with Crippen LogP contribution in [0.1, 0.15) is 38.5 Å². The van der Waals surface area contributed by atoms with Crippen LogP contribution in [0.25, 0.3) is 0 Å². The van der Waals surface area contributed by atoms with E-state index >= 15 is 0 Å². The molecule has 0 fully saturated rings. The number of unbranched alkanes of at least 4 members (excludes halogenated alkanes) is 4. The van der Waals surface area contributed by atoms with Crippen LogP contribution in [0, 0.1) is 10.1 Å². The second-order valence-corrected chi connectivity index (χ2v) is 3.15. The molecule has 0 unspecified atom stereocenters. The molecule has 0 spiro atoms. The molecule has 0 aliphatic heterocycles. The van der Waals surface area contributed by atoms with Gasteiger partial charge in [0, 0.05) is 17.8 Å². The van der Waals surface area contributed by atoms with E-state index < -0.39 is 0 Å². The number of nitro groups is 1. The molecule has 0 saturated heterocycles. The average Bonchev–Trinajstić information content (AvgIpc) is 2.15. The highest BCUT2D eigenvalue weighted by molar-refractivity contribution is 5.68. The van der Waals surface area contributed by atoms with Gasteiger partial charge in [0.1, 0.15) is 0 Å². The van der Waals surface area contributed by atoms with Gasteiger partial charge in [-0.25, -0.2) is 0 Å². The van der Waals surface area contributed by atoms with Crippen LogP contribution >= 0.6 is 0 Å². The molecule has 0 aliphatic rings. The Morgan fingerprint density at radius 3 is 2.36 bits per heavy atom. The van der Waals surface area contributed by atoms with E-state index in [2.05, 4.69) is 4.74 Å². The molecule has 0 saturated carbocycles. The highest BCUT2D eigenvalue weighted by Crippen LogP contribution is 2.05. The van der Waals surface area contributed by atoms with Gasteiger partial charge in [-0.2, -0.15) is 0 Å². The first-order valence-corrected chi connectivity index (χ1v) is 4.85. The molecule has 0 rings (SSSR count). The summed E-state index contributed by atoms with van der Waals surface area (Å²) in [6.07, 6.45) is 4.64. The first-order valence-electron chi connectivity index (χ1n) is 4.85. The van der Waals surface area contributed by atoms with Crippen molar-refractivity contribution in [3.63, 3.8) is 0 Å². The summed E-state index contributed by atoms with van der Waals surface area (Å²) < 4.78 is 4.48. The summed E-state index contributed by atoms with van der Waals surface area (Å²) in [5.41, 5.74) is 0. The van der Waals surface area contributed by atoms with Crippen LogP contribution in [-0.4, -0.2) is 24.5 Å². The van der Waals surface area contributed by atoms with E-state index in [-0.39, 0.29) is 17.4 Å². The molecule has 82 valence electrons. The van der Waals surface area contributed by atoms with Crippen molar-refractivity contribution in [2.45, 2.75) is 38.5 Å². The van der Waals surface area contributed by atoms with Crippen LogP contribution in [0.4, 0.5) is 0 Å². The highest BCUT2D eigenvalue weighted by atomic mass is 16.6. The lowest BCUT2D eigenvalue weighted by molar-refractivity contribution is -0.480. The molecule has 5 heteroatoms. The molecular weight excluding hydrogens is 186 g/mol. The molecule has 0 N–H and O–H groups in total. The van der Waals surface area contributed by atoms with Gasteiger partial charge in [0.25, 0.3) is 0 Å². The second kappa shape index (κ2) is 8.47. The number of rotatable bonds is 8. The van der Waals surface area contributed by atoms with Crippen molar-refractivity contribution >= 4 is 5.97 Å². The fourth-order valence-corrected chi connectivity index (χ4v) is 1.14. The monoisotopic (exact) mass is 203 g/mol. The summed E-state index contributed by atoms with van der Waals surface area (Å²) in [5.74, 6) is -0.185. The molecule has 0 aliphatic carbocycles. The molecule has 14 heavy (non-hydrogen) atoms. The van der Waals surface area contributed by atoms with Gasteiger partial charge in [0.2, 0.25) is 6.54 Å². The zero-order chi connectivity index (χ0) is 10.8. The Morgan fingerprint density at radius 1 is 1.21 bits per heavy atom. The summed E-state index contributed by atoms with van der Waals surface area (Å²) in [5, 5.41) is 9.96. The van der Waals surface area contributed by atoms with Crippen molar-refractivity contribution in [2.75, 3.05) is 13.7 Å². The summed E-state index contributed by atoms with van der Waals surface area (Å²) in [6.45, 7) is 0.0526. The van der Waals surface area contributed by atoms with E-state index in [1.807, 2.05) is 0 Å². The maximum atomic E-state index is 10.7. The van der Waals surface area contributed by atoms with Crippen LogP contribution < -0.4 is 0 Å². The SMILES string of the molecule is COC(=O)CCCCCCC[N+](=O)[O-]. The second-order valence-electron chi connectivity index (χ2n) is 3.15. The molecular formula is C9H17NO4. The molecule has 0 amide bonds. The third-order valence-electron chi connectivity index (χ3n) is 1.95. The Bertz CT molecular complexity index is 182. The summed E-state index contributed by atoms with van der Waals surface area (Å²) >= 11 is 0. The smallest absolute Gasteiger partial charge is 0.305 e. The van der Waals surface area contributed by atoms with Crippen LogP contribution in [0.15, 0.2) is 0 Å². The largest absolute Gasteiger partial charge is 0.469 e. The van der Waals surface area contributed by atoms with Crippen LogP contribution in [0.5, 0.6) is 0 Å². The van der Waals surface area contributed by atoms with Gasteiger partial charge < -0.3 is 4.74 Å². The van der Waals surface area contributed by atoms with Gasteiger partial charge in [-0.1, -0.05) is 12.8 Å². The van der Waals surface area contributed by atoms with Gasteiger partial charge in [-0.05, 0) is 12.8 Å². The number of hydrogen-bond donors (Lipinski definition) is 0. The maximum absolute atomic E-state index is 10.7. The van der Waals surface area contributed by atoms with Crippen molar-refractivity contribution < 1.29 is 14.5 Å². The Morgan fingerprint density at radius 2 is 1.79 bits per heavy atom. The van der Waals surface area contributed by atoms with Gasteiger partial charge >= 0.3 is 5.97 Å². The maximum Gasteiger partial charge on any atom is 0.305 e. The summed E-state index contributed by atoms with van der Waals surface area (Å²) in [4.78, 5) is 20.3. The van der Waals surface area contributed by atoms with Gasteiger partial charge in [0.05, 0.1) is 7.11 Å². The molecule has 0 heterocycles. The Labute approximate surface area is 83.6 Å². The molecule has 0 atom stereocenters. The zero-order valence-corrected chi connectivity index (χ0v) is 8.53. The van der Waals surface area contributed by atoms with Gasteiger partial charge in [0.15, 0.2) is 0 Å². The first kappa shape index (κ1) is 12.9. The minimum absolute atomic E-state index is 0.0526. The summed E-state index contributed by atoms with van der Waals surface area (Å²) in [6, 6.07) is 0. The number of carbonyl (C=O) groups excluding carboxylic acids is 1. The fraction of sp³-hybridized carbons (Fsp3) is 0.889. The van der Waals surface area contributed by atoms with E-state index in [4.69, 9.17) is 0 Å². The molecule has 0 aromatic heterocycles.